The quantitative estimate of drug-likeness (QED) is 0.297. The van der Waals surface area contributed by atoms with Crippen LogP contribution in [0.15, 0.2) is 40.9 Å². The lowest BCUT2D eigenvalue weighted by molar-refractivity contribution is -0.159. The van der Waals surface area contributed by atoms with Crippen LogP contribution >= 0.6 is 34.8 Å². The second-order valence-corrected chi connectivity index (χ2v) is 8.10. The summed E-state index contributed by atoms with van der Waals surface area (Å²) in [7, 11) is 0. The molecule has 1 atom stereocenters. The number of nitrogens with one attached hydrogen (secondary N) is 2. The van der Waals surface area contributed by atoms with Crippen molar-refractivity contribution >= 4 is 40.7 Å². The number of alkyl halides is 3. The van der Waals surface area contributed by atoms with Gasteiger partial charge in [-0.2, -0.15) is 23.6 Å². The molecule has 13 heteroatoms. The van der Waals surface area contributed by atoms with E-state index in [1.54, 1.807) is 13.0 Å². The molecule has 1 aromatic heterocycles. The Morgan fingerprint density at radius 1 is 1.12 bits per heavy atom. The Balaban J connectivity index is 1.47. The summed E-state index contributed by atoms with van der Waals surface area (Å²) in [6.07, 6.45) is -4.73. The summed E-state index contributed by atoms with van der Waals surface area (Å²) in [6, 6.07) is 8.59. The van der Waals surface area contributed by atoms with Gasteiger partial charge in [-0.05, 0) is 36.8 Å². The molecule has 3 aromatic rings. The van der Waals surface area contributed by atoms with E-state index in [9.17, 15) is 18.0 Å². The molecule has 1 heterocycles. The van der Waals surface area contributed by atoms with Crippen LogP contribution in [-0.2, 0) is 17.6 Å². The molecule has 176 valence electrons. The first kappa shape index (κ1) is 25.3. The zero-order valence-corrected chi connectivity index (χ0v) is 19.1. The van der Waals surface area contributed by atoms with Crippen molar-refractivity contribution in [3.63, 3.8) is 0 Å². The number of hydroxylamine groups is 1. The Morgan fingerprint density at radius 2 is 1.79 bits per heavy atom. The number of rotatable bonds is 8. The highest BCUT2D eigenvalue weighted by Crippen LogP contribution is 2.30. The van der Waals surface area contributed by atoms with Gasteiger partial charge in [-0.25, -0.2) is 0 Å². The average molecular weight is 524 g/mol. The Morgan fingerprint density at radius 3 is 2.42 bits per heavy atom. The summed E-state index contributed by atoms with van der Waals surface area (Å²) in [5.74, 6) is -2.05. The summed E-state index contributed by atoms with van der Waals surface area (Å²) in [4.78, 5) is 21.0. The van der Waals surface area contributed by atoms with Crippen LogP contribution in [0.4, 0.5) is 13.2 Å². The fourth-order valence-corrected chi connectivity index (χ4v) is 3.18. The third-order valence-corrected chi connectivity index (χ3v) is 5.32. The van der Waals surface area contributed by atoms with Crippen LogP contribution in [0.3, 0.4) is 0 Å². The molecule has 1 unspecified atom stereocenters. The van der Waals surface area contributed by atoms with Gasteiger partial charge in [-0.1, -0.05) is 52.1 Å². The standard InChI is InChI=1S/C20H16Cl3F3N4O3/c1-10(29-32-9-13-6-15(22)16(23)7-14(13)21)8-27-18(31)12-4-2-11(3-5-12)17-28-19(33-30-17)20(24,25)26/h2-7,10,29H,8-9H2,1H3,(H,27,31). The molecule has 1 amide bonds. The minimum Gasteiger partial charge on any atom is -0.350 e. The molecule has 0 saturated heterocycles. The van der Waals surface area contributed by atoms with Crippen LogP contribution in [0.2, 0.25) is 15.1 Å². The maximum atomic E-state index is 12.6. The second-order valence-electron chi connectivity index (χ2n) is 6.87. The van der Waals surface area contributed by atoms with E-state index < -0.39 is 12.1 Å². The van der Waals surface area contributed by atoms with Crippen LogP contribution in [0.1, 0.15) is 28.7 Å². The van der Waals surface area contributed by atoms with E-state index in [1.807, 2.05) is 0 Å². The molecule has 2 N–H and O–H groups in total. The molecule has 7 nitrogen and oxygen atoms in total. The van der Waals surface area contributed by atoms with Gasteiger partial charge in [0.1, 0.15) is 0 Å². The summed E-state index contributed by atoms with van der Waals surface area (Å²) in [5, 5.41) is 7.11. The Bertz CT molecular complexity index is 1120. The van der Waals surface area contributed by atoms with Crippen molar-refractivity contribution in [3.8, 4) is 11.4 Å². The number of hydrogen-bond donors (Lipinski definition) is 2. The van der Waals surface area contributed by atoms with Crippen LogP contribution in [-0.4, -0.2) is 28.6 Å². The first-order valence-corrected chi connectivity index (χ1v) is 10.5. The molecular weight excluding hydrogens is 508 g/mol. The molecule has 0 bridgehead atoms. The van der Waals surface area contributed by atoms with Crippen molar-refractivity contribution in [1.29, 1.82) is 0 Å². The zero-order valence-electron chi connectivity index (χ0n) is 16.8. The average Bonchev–Trinajstić information content (AvgIpc) is 3.27. The Hall–Kier alpha value is -2.37. The van der Waals surface area contributed by atoms with E-state index in [2.05, 4.69) is 25.5 Å². The first-order valence-electron chi connectivity index (χ1n) is 9.35. The molecule has 0 spiro atoms. The van der Waals surface area contributed by atoms with Gasteiger partial charge >= 0.3 is 12.1 Å². The topological polar surface area (TPSA) is 89.3 Å². The van der Waals surface area contributed by atoms with E-state index in [0.29, 0.717) is 26.2 Å². The molecule has 0 saturated carbocycles. The molecule has 0 aliphatic heterocycles. The monoisotopic (exact) mass is 522 g/mol. The van der Waals surface area contributed by atoms with E-state index in [4.69, 9.17) is 39.6 Å². The lowest BCUT2D eigenvalue weighted by Crippen LogP contribution is -2.38. The van der Waals surface area contributed by atoms with Gasteiger partial charge in [-0.15, -0.1) is 0 Å². The van der Waals surface area contributed by atoms with Gasteiger partial charge in [0, 0.05) is 28.7 Å². The van der Waals surface area contributed by atoms with Crippen LogP contribution in [0, 0.1) is 0 Å². The molecule has 2 aromatic carbocycles. The highest BCUT2D eigenvalue weighted by atomic mass is 35.5. The highest BCUT2D eigenvalue weighted by Gasteiger charge is 2.38. The molecule has 0 aliphatic rings. The van der Waals surface area contributed by atoms with E-state index in [-0.39, 0.29) is 36.5 Å². The van der Waals surface area contributed by atoms with E-state index >= 15 is 0 Å². The number of carbonyl (C=O) groups excluding carboxylic acids is 1. The van der Waals surface area contributed by atoms with E-state index in [1.165, 1.54) is 30.3 Å². The molecule has 0 aliphatic carbocycles. The zero-order chi connectivity index (χ0) is 24.2. The summed E-state index contributed by atoms with van der Waals surface area (Å²) >= 11 is 17.9. The SMILES string of the molecule is CC(CNC(=O)c1ccc(-c2noc(C(F)(F)F)n2)cc1)NOCc1cc(Cl)c(Cl)cc1Cl. The first-order chi connectivity index (χ1) is 15.5. The number of carbonyl (C=O) groups is 1. The molecule has 33 heavy (non-hydrogen) atoms. The normalized spacial score (nSPS) is 12.6. The summed E-state index contributed by atoms with van der Waals surface area (Å²) in [5.41, 5.74) is 3.99. The van der Waals surface area contributed by atoms with Gasteiger partial charge in [-0.3, -0.25) is 9.63 Å². The number of amides is 1. The molecule has 0 fully saturated rings. The fourth-order valence-electron chi connectivity index (χ4n) is 2.55. The number of aromatic nitrogens is 2. The minimum absolute atomic E-state index is 0.127. The molecule has 3 rings (SSSR count). The third-order valence-electron chi connectivity index (χ3n) is 4.24. The van der Waals surface area contributed by atoms with Crippen molar-refractivity contribution in [1.82, 2.24) is 20.9 Å². The maximum Gasteiger partial charge on any atom is 0.471 e. The van der Waals surface area contributed by atoms with E-state index in [0.717, 1.165) is 0 Å². The summed E-state index contributed by atoms with van der Waals surface area (Å²) in [6.45, 7) is 2.14. The number of benzene rings is 2. The van der Waals surface area contributed by atoms with Crippen molar-refractivity contribution in [2.24, 2.45) is 0 Å². The van der Waals surface area contributed by atoms with Gasteiger partial charge in [0.15, 0.2) is 0 Å². The lowest BCUT2D eigenvalue weighted by Gasteiger charge is -2.15. The highest BCUT2D eigenvalue weighted by molar-refractivity contribution is 6.43. The minimum atomic E-state index is -4.73. The molecular formula is C20H16Cl3F3N4O3. The smallest absolute Gasteiger partial charge is 0.350 e. The van der Waals surface area contributed by atoms with Gasteiger partial charge in [0.05, 0.1) is 16.7 Å². The Kier molecular flexibility index (Phi) is 8.19. The number of hydrogen-bond acceptors (Lipinski definition) is 6. The van der Waals surface area contributed by atoms with Gasteiger partial charge in [0.2, 0.25) is 5.82 Å². The van der Waals surface area contributed by atoms with Gasteiger partial charge in [0.25, 0.3) is 5.91 Å². The maximum absolute atomic E-state index is 12.6. The van der Waals surface area contributed by atoms with Crippen molar-refractivity contribution < 1.29 is 27.3 Å². The number of halogens is 6. The van der Waals surface area contributed by atoms with Crippen LogP contribution in [0.25, 0.3) is 11.4 Å². The van der Waals surface area contributed by atoms with Crippen molar-refractivity contribution in [2.75, 3.05) is 6.54 Å². The second kappa shape index (κ2) is 10.7. The van der Waals surface area contributed by atoms with Crippen LogP contribution < -0.4 is 10.8 Å². The van der Waals surface area contributed by atoms with Crippen molar-refractivity contribution in [2.45, 2.75) is 25.7 Å². The third kappa shape index (κ3) is 6.81. The predicted molar refractivity (Wildman–Crippen MR) is 116 cm³/mol. The Labute approximate surface area is 201 Å². The largest absolute Gasteiger partial charge is 0.471 e. The predicted octanol–water partition coefficient (Wildman–Crippen LogP) is 5.56. The van der Waals surface area contributed by atoms with Crippen LogP contribution in [0.5, 0.6) is 0 Å². The summed E-state index contributed by atoms with van der Waals surface area (Å²) < 4.78 is 41.9. The van der Waals surface area contributed by atoms with Crippen molar-refractivity contribution in [3.05, 3.63) is 68.5 Å². The van der Waals surface area contributed by atoms with Gasteiger partial charge < -0.3 is 9.84 Å². The lowest BCUT2D eigenvalue weighted by atomic mass is 10.1. The fraction of sp³-hybridized carbons (Fsp3) is 0.250. The number of nitrogens with zero attached hydrogens (tertiary/aromatic N) is 2. The molecule has 0 radical (unpaired) electrons.